The maximum atomic E-state index is 14.5. The summed E-state index contributed by atoms with van der Waals surface area (Å²) in [5.74, 6) is -0.748. The molecule has 7 nitrogen and oxygen atoms in total. The first kappa shape index (κ1) is 24.4. The van der Waals surface area contributed by atoms with Crippen LogP contribution in [-0.4, -0.2) is 35.0 Å². The zero-order valence-corrected chi connectivity index (χ0v) is 21.7. The van der Waals surface area contributed by atoms with Gasteiger partial charge in [0.2, 0.25) is 5.91 Å². The van der Waals surface area contributed by atoms with Gasteiger partial charge in [0.15, 0.2) is 11.6 Å². The van der Waals surface area contributed by atoms with E-state index in [2.05, 4.69) is 30.2 Å². The average molecular weight is 516 g/mol. The molecular formula is C30H30FN3O4. The Hall–Kier alpha value is -3.94. The van der Waals surface area contributed by atoms with Crippen molar-refractivity contribution in [2.75, 3.05) is 7.11 Å². The Bertz CT molecular complexity index is 1590. The molecular weight excluding hydrogens is 485 g/mol. The minimum atomic E-state index is -0.619. The van der Waals surface area contributed by atoms with Crippen molar-refractivity contribution in [1.29, 1.82) is 0 Å². The second kappa shape index (κ2) is 9.11. The van der Waals surface area contributed by atoms with Gasteiger partial charge in [0.05, 0.1) is 18.3 Å². The lowest BCUT2D eigenvalue weighted by molar-refractivity contribution is -0.154. The molecule has 0 bridgehead atoms. The summed E-state index contributed by atoms with van der Waals surface area (Å²) in [6.45, 7) is 4.29. The highest BCUT2D eigenvalue weighted by Gasteiger charge is 2.40. The van der Waals surface area contributed by atoms with Crippen LogP contribution in [0.25, 0.3) is 21.8 Å². The standard InChI is InChI=1S/C30H30FN3O4/c1-30(2)14-22-27(24(15-30)38-29(36)20-9-11-25(35)33-20)26-17-6-4-5-7-19(17)34-28(26)21(32-22)13-16-8-10-23(37-3)18(31)12-16/h4-8,10,12,20,24,34H,9,11,13-15H2,1-3H3,(H,33,35)/t20?,24-/m0/s1. The fourth-order valence-electron chi connectivity index (χ4n) is 5.93. The van der Waals surface area contributed by atoms with Crippen molar-refractivity contribution in [2.45, 2.75) is 58.1 Å². The molecule has 1 unspecified atom stereocenters. The fraction of sp³-hybridized carbons (Fsp3) is 0.367. The smallest absolute Gasteiger partial charge is 0.329 e. The normalized spacial score (nSPS) is 20.4. The van der Waals surface area contributed by atoms with Crippen LogP contribution >= 0.6 is 0 Å². The number of aromatic nitrogens is 2. The summed E-state index contributed by atoms with van der Waals surface area (Å²) >= 11 is 0. The van der Waals surface area contributed by atoms with Gasteiger partial charge in [-0.2, -0.15) is 0 Å². The first-order chi connectivity index (χ1) is 18.2. The van der Waals surface area contributed by atoms with Crippen LogP contribution in [0.2, 0.25) is 0 Å². The number of benzene rings is 2. The van der Waals surface area contributed by atoms with E-state index in [-0.39, 0.29) is 17.1 Å². The van der Waals surface area contributed by atoms with E-state index in [1.54, 1.807) is 6.07 Å². The van der Waals surface area contributed by atoms with Gasteiger partial charge in [-0.15, -0.1) is 0 Å². The lowest BCUT2D eigenvalue weighted by Crippen LogP contribution is -2.37. The molecule has 1 amide bonds. The van der Waals surface area contributed by atoms with Crippen LogP contribution in [0, 0.1) is 11.2 Å². The Morgan fingerprint density at radius 1 is 1.21 bits per heavy atom. The molecule has 0 spiro atoms. The van der Waals surface area contributed by atoms with Gasteiger partial charge in [0, 0.05) is 40.4 Å². The van der Waals surface area contributed by atoms with E-state index in [0.717, 1.165) is 50.7 Å². The number of para-hydroxylation sites is 1. The average Bonchev–Trinajstić information content (AvgIpc) is 3.47. The van der Waals surface area contributed by atoms with Crippen LogP contribution in [0.4, 0.5) is 4.39 Å². The van der Waals surface area contributed by atoms with E-state index < -0.39 is 23.9 Å². The summed E-state index contributed by atoms with van der Waals surface area (Å²) in [4.78, 5) is 33.5. The van der Waals surface area contributed by atoms with E-state index in [1.807, 2.05) is 24.3 Å². The van der Waals surface area contributed by atoms with E-state index in [9.17, 15) is 14.0 Å². The number of rotatable bonds is 5. The molecule has 2 N–H and O–H groups in total. The molecule has 4 aromatic rings. The molecule has 38 heavy (non-hydrogen) atoms. The molecule has 0 saturated carbocycles. The van der Waals surface area contributed by atoms with E-state index >= 15 is 0 Å². The second-order valence-electron chi connectivity index (χ2n) is 11.1. The number of esters is 1. The molecule has 1 aliphatic heterocycles. The lowest BCUT2D eigenvalue weighted by atomic mass is 9.73. The monoisotopic (exact) mass is 515 g/mol. The number of ether oxygens (including phenoxy) is 2. The number of pyridine rings is 1. The Balaban J connectivity index is 1.49. The third-order valence-electron chi connectivity index (χ3n) is 7.68. The zero-order valence-electron chi connectivity index (χ0n) is 21.7. The van der Waals surface area contributed by atoms with Crippen LogP contribution in [0.1, 0.15) is 61.7 Å². The van der Waals surface area contributed by atoms with Crippen LogP contribution in [0.3, 0.4) is 0 Å². The van der Waals surface area contributed by atoms with Gasteiger partial charge >= 0.3 is 5.97 Å². The van der Waals surface area contributed by atoms with Crippen molar-refractivity contribution in [3.05, 3.63) is 70.8 Å². The minimum absolute atomic E-state index is 0.128. The van der Waals surface area contributed by atoms with E-state index in [1.165, 1.54) is 13.2 Å². The van der Waals surface area contributed by atoms with Gasteiger partial charge in [-0.25, -0.2) is 9.18 Å². The molecule has 0 radical (unpaired) electrons. The number of nitrogens with zero attached hydrogens (tertiary/aromatic N) is 1. The van der Waals surface area contributed by atoms with Crippen LogP contribution < -0.4 is 10.1 Å². The third kappa shape index (κ3) is 4.27. The largest absolute Gasteiger partial charge is 0.494 e. The van der Waals surface area contributed by atoms with Crippen molar-refractivity contribution in [2.24, 2.45) is 5.41 Å². The van der Waals surface area contributed by atoms with Crippen LogP contribution in [0.5, 0.6) is 5.75 Å². The first-order valence-corrected chi connectivity index (χ1v) is 13.0. The van der Waals surface area contributed by atoms with Gasteiger partial charge in [-0.1, -0.05) is 38.1 Å². The molecule has 2 aromatic heterocycles. The molecule has 1 saturated heterocycles. The third-order valence-corrected chi connectivity index (χ3v) is 7.68. The van der Waals surface area contributed by atoms with Gasteiger partial charge in [-0.3, -0.25) is 9.78 Å². The first-order valence-electron chi connectivity index (χ1n) is 13.0. The molecule has 196 valence electrons. The van der Waals surface area contributed by atoms with Crippen molar-refractivity contribution in [3.63, 3.8) is 0 Å². The Kier molecular flexibility index (Phi) is 5.85. The van der Waals surface area contributed by atoms with Crippen LogP contribution in [0.15, 0.2) is 42.5 Å². The number of halogens is 1. The van der Waals surface area contributed by atoms with E-state index in [0.29, 0.717) is 25.7 Å². The lowest BCUT2D eigenvalue weighted by Gasteiger charge is -2.37. The summed E-state index contributed by atoms with van der Waals surface area (Å²) in [6, 6.07) is 12.4. The predicted molar refractivity (Wildman–Crippen MR) is 141 cm³/mol. The molecule has 2 atom stereocenters. The number of aromatic amines is 1. The number of methoxy groups -OCH3 is 1. The second-order valence-corrected chi connectivity index (χ2v) is 11.1. The number of carbonyl (C=O) groups excluding carboxylic acids is 2. The number of nitrogens with one attached hydrogen (secondary N) is 2. The summed E-state index contributed by atoms with van der Waals surface area (Å²) in [6.07, 6.45) is 2.06. The van der Waals surface area contributed by atoms with Crippen molar-refractivity contribution >= 4 is 33.7 Å². The molecule has 1 fully saturated rings. The summed E-state index contributed by atoms with van der Waals surface area (Å²) in [7, 11) is 1.45. The number of H-pyrrole nitrogens is 1. The van der Waals surface area contributed by atoms with Gasteiger partial charge in [0.1, 0.15) is 12.1 Å². The number of carbonyl (C=O) groups is 2. The number of fused-ring (bicyclic) bond motifs is 5. The van der Waals surface area contributed by atoms with Gasteiger partial charge in [0.25, 0.3) is 0 Å². The topological polar surface area (TPSA) is 93.3 Å². The maximum absolute atomic E-state index is 14.5. The molecule has 1 aliphatic carbocycles. The van der Waals surface area contributed by atoms with E-state index in [4.69, 9.17) is 14.5 Å². The molecule has 2 aromatic carbocycles. The quantitative estimate of drug-likeness (QED) is 0.352. The Labute approximate surface area is 219 Å². The summed E-state index contributed by atoms with van der Waals surface area (Å²) < 4.78 is 25.7. The predicted octanol–water partition coefficient (Wildman–Crippen LogP) is 5.29. The van der Waals surface area contributed by atoms with Gasteiger partial charge in [-0.05, 0) is 48.4 Å². The van der Waals surface area contributed by atoms with Crippen molar-refractivity contribution < 1.29 is 23.5 Å². The highest BCUT2D eigenvalue weighted by molar-refractivity contribution is 6.10. The molecule has 3 heterocycles. The highest BCUT2D eigenvalue weighted by Crippen LogP contribution is 2.47. The Morgan fingerprint density at radius 3 is 2.76 bits per heavy atom. The molecule has 6 rings (SSSR count). The number of hydrogen-bond donors (Lipinski definition) is 2. The molecule has 8 heteroatoms. The van der Waals surface area contributed by atoms with Crippen molar-refractivity contribution in [3.8, 4) is 5.75 Å². The molecule has 2 aliphatic rings. The maximum Gasteiger partial charge on any atom is 0.329 e. The fourth-order valence-corrected chi connectivity index (χ4v) is 5.93. The van der Waals surface area contributed by atoms with Crippen LogP contribution in [-0.2, 0) is 27.2 Å². The Morgan fingerprint density at radius 2 is 2.03 bits per heavy atom. The van der Waals surface area contributed by atoms with Crippen molar-refractivity contribution in [1.82, 2.24) is 15.3 Å². The zero-order chi connectivity index (χ0) is 26.6. The highest BCUT2D eigenvalue weighted by atomic mass is 19.1. The summed E-state index contributed by atoms with van der Waals surface area (Å²) in [5.41, 5.74) is 5.05. The number of amides is 1. The van der Waals surface area contributed by atoms with Gasteiger partial charge < -0.3 is 19.8 Å². The number of hydrogen-bond acceptors (Lipinski definition) is 5. The summed E-state index contributed by atoms with van der Waals surface area (Å²) in [5, 5.41) is 4.73. The SMILES string of the molecule is COc1ccc(Cc2nc3c(c4c2[nH]c2ccccc24)[C@@H](OC(=O)C2CCC(=O)N2)CC(C)(C)C3)cc1F. The minimum Gasteiger partial charge on any atom is -0.494 e.